The van der Waals surface area contributed by atoms with E-state index in [9.17, 15) is 0 Å². The van der Waals surface area contributed by atoms with Crippen LogP contribution in [-0.2, 0) is 6.54 Å². The van der Waals surface area contributed by atoms with Crippen molar-refractivity contribution < 1.29 is 4.42 Å². The molecule has 1 saturated heterocycles. The molecule has 3 heteroatoms. The zero-order chi connectivity index (χ0) is 10.5. The van der Waals surface area contributed by atoms with Gasteiger partial charge in [0.1, 0.15) is 5.76 Å². The minimum absolute atomic E-state index is 0.922. The average molecular weight is 208 g/mol. The number of nitrogens with zero attached hydrogens (tertiary/aromatic N) is 1. The van der Waals surface area contributed by atoms with E-state index >= 15 is 0 Å². The highest BCUT2D eigenvalue weighted by Gasteiger charge is 2.09. The number of likely N-dealkylation sites (tertiary alicyclic amines) is 1. The Kier molecular flexibility index (Phi) is 3.80. The van der Waals surface area contributed by atoms with Crippen LogP contribution in [0.3, 0.4) is 0 Å². The average Bonchev–Trinajstić information content (AvgIpc) is 2.84. The summed E-state index contributed by atoms with van der Waals surface area (Å²) in [6, 6.07) is 2.09. The summed E-state index contributed by atoms with van der Waals surface area (Å²) in [5.41, 5.74) is 1.24. The molecule has 0 aromatic carbocycles. The lowest BCUT2D eigenvalue weighted by Crippen LogP contribution is -2.29. The molecule has 1 aromatic heterocycles. The van der Waals surface area contributed by atoms with Gasteiger partial charge in [0.2, 0.25) is 0 Å². The first-order chi connectivity index (χ1) is 7.34. The minimum atomic E-state index is 0.922. The fourth-order valence-electron chi connectivity index (χ4n) is 2.07. The topological polar surface area (TPSA) is 28.4 Å². The fraction of sp³-hybridized carbons (Fsp3) is 0.667. The van der Waals surface area contributed by atoms with E-state index in [0.29, 0.717) is 0 Å². The summed E-state index contributed by atoms with van der Waals surface area (Å²) in [7, 11) is 0. The number of hydrogen-bond acceptors (Lipinski definition) is 3. The molecule has 1 aromatic rings. The van der Waals surface area contributed by atoms with E-state index in [4.69, 9.17) is 4.42 Å². The van der Waals surface area contributed by atoms with Crippen LogP contribution in [0.25, 0.3) is 0 Å². The maximum absolute atomic E-state index is 5.24. The van der Waals surface area contributed by atoms with Crippen molar-refractivity contribution in [2.24, 2.45) is 0 Å². The largest absolute Gasteiger partial charge is 0.469 e. The Bertz CT molecular complexity index is 290. The van der Waals surface area contributed by atoms with Crippen LogP contribution in [0.15, 0.2) is 16.7 Å². The molecule has 0 radical (unpaired) electrons. The number of furan rings is 1. The summed E-state index contributed by atoms with van der Waals surface area (Å²) in [6.07, 6.45) is 4.58. The molecule has 2 rings (SSSR count). The van der Waals surface area contributed by atoms with Crippen molar-refractivity contribution in [3.05, 3.63) is 23.7 Å². The minimum Gasteiger partial charge on any atom is -0.469 e. The molecule has 0 aliphatic carbocycles. The van der Waals surface area contributed by atoms with Crippen molar-refractivity contribution in [1.29, 1.82) is 0 Å². The maximum Gasteiger partial charge on any atom is 0.101 e. The van der Waals surface area contributed by atoms with Crippen LogP contribution >= 0.6 is 0 Å². The van der Waals surface area contributed by atoms with E-state index in [0.717, 1.165) is 18.8 Å². The summed E-state index contributed by atoms with van der Waals surface area (Å²) in [6.45, 7) is 7.72. The molecule has 1 N–H and O–H groups in total. The van der Waals surface area contributed by atoms with Crippen molar-refractivity contribution in [2.75, 3.05) is 26.2 Å². The molecule has 2 heterocycles. The Labute approximate surface area is 91.4 Å². The highest BCUT2D eigenvalue weighted by atomic mass is 16.3. The van der Waals surface area contributed by atoms with Crippen LogP contribution < -0.4 is 5.32 Å². The first kappa shape index (κ1) is 10.7. The van der Waals surface area contributed by atoms with Crippen LogP contribution in [0.2, 0.25) is 0 Å². The smallest absolute Gasteiger partial charge is 0.101 e. The van der Waals surface area contributed by atoms with Gasteiger partial charge in [0.15, 0.2) is 0 Å². The third kappa shape index (κ3) is 3.36. The van der Waals surface area contributed by atoms with Crippen LogP contribution in [0.5, 0.6) is 0 Å². The van der Waals surface area contributed by atoms with E-state index in [1.54, 1.807) is 0 Å². The van der Waals surface area contributed by atoms with Gasteiger partial charge in [-0.15, -0.1) is 0 Å². The van der Waals surface area contributed by atoms with Crippen molar-refractivity contribution >= 4 is 0 Å². The van der Waals surface area contributed by atoms with E-state index in [2.05, 4.69) is 16.3 Å². The third-order valence-electron chi connectivity index (χ3n) is 2.92. The Morgan fingerprint density at radius 2 is 2.20 bits per heavy atom. The van der Waals surface area contributed by atoms with Crippen LogP contribution in [-0.4, -0.2) is 31.1 Å². The standard InChI is InChI=1S/C12H20N2O/c1-11-8-12(10-15-11)9-13-4-7-14-5-2-3-6-14/h8,10,13H,2-7,9H2,1H3. The van der Waals surface area contributed by atoms with Gasteiger partial charge in [-0.05, 0) is 38.9 Å². The second kappa shape index (κ2) is 5.33. The molecule has 0 bridgehead atoms. The second-order valence-electron chi connectivity index (χ2n) is 4.29. The Balaban J connectivity index is 1.58. The molecule has 0 atom stereocenters. The first-order valence-corrected chi connectivity index (χ1v) is 5.82. The normalized spacial score (nSPS) is 17.4. The van der Waals surface area contributed by atoms with Crippen LogP contribution in [0, 0.1) is 6.92 Å². The predicted octanol–water partition coefficient (Wildman–Crippen LogP) is 1.77. The summed E-state index contributed by atoms with van der Waals surface area (Å²) in [4.78, 5) is 2.52. The molecule has 84 valence electrons. The van der Waals surface area contributed by atoms with Crippen molar-refractivity contribution in [2.45, 2.75) is 26.3 Å². The fourth-order valence-corrected chi connectivity index (χ4v) is 2.07. The second-order valence-corrected chi connectivity index (χ2v) is 4.29. The lowest BCUT2D eigenvalue weighted by atomic mass is 10.3. The zero-order valence-corrected chi connectivity index (χ0v) is 9.46. The molecule has 0 unspecified atom stereocenters. The van der Waals surface area contributed by atoms with Crippen molar-refractivity contribution in [1.82, 2.24) is 10.2 Å². The van der Waals surface area contributed by atoms with Gasteiger partial charge in [0.05, 0.1) is 6.26 Å². The third-order valence-corrected chi connectivity index (χ3v) is 2.92. The van der Waals surface area contributed by atoms with Crippen molar-refractivity contribution in [3.63, 3.8) is 0 Å². The molecular formula is C12H20N2O. The van der Waals surface area contributed by atoms with Crippen molar-refractivity contribution in [3.8, 4) is 0 Å². The first-order valence-electron chi connectivity index (χ1n) is 5.82. The molecule has 1 fully saturated rings. The lowest BCUT2D eigenvalue weighted by Gasteiger charge is -2.14. The predicted molar refractivity (Wildman–Crippen MR) is 60.8 cm³/mol. The molecular weight excluding hydrogens is 188 g/mol. The number of nitrogens with one attached hydrogen (secondary N) is 1. The summed E-state index contributed by atoms with van der Waals surface area (Å²) in [5, 5.41) is 3.44. The molecule has 0 amide bonds. The van der Waals surface area contributed by atoms with Gasteiger partial charge in [-0.3, -0.25) is 0 Å². The summed E-state index contributed by atoms with van der Waals surface area (Å²) < 4.78 is 5.24. The van der Waals surface area contributed by atoms with Crippen LogP contribution in [0.4, 0.5) is 0 Å². The monoisotopic (exact) mass is 208 g/mol. The summed E-state index contributed by atoms with van der Waals surface area (Å²) >= 11 is 0. The van der Waals surface area contributed by atoms with Gasteiger partial charge in [-0.25, -0.2) is 0 Å². The van der Waals surface area contributed by atoms with E-state index in [1.165, 1.54) is 38.0 Å². The van der Waals surface area contributed by atoms with E-state index in [-0.39, 0.29) is 0 Å². The molecule has 1 aliphatic heterocycles. The highest BCUT2D eigenvalue weighted by Crippen LogP contribution is 2.07. The maximum atomic E-state index is 5.24. The SMILES string of the molecule is Cc1cc(CNCCN2CCCC2)co1. The molecule has 15 heavy (non-hydrogen) atoms. The highest BCUT2D eigenvalue weighted by molar-refractivity contribution is 5.11. The molecule has 0 saturated carbocycles. The molecule has 1 aliphatic rings. The number of hydrogen-bond donors (Lipinski definition) is 1. The van der Waals surface area contributed by atoms with Gasteiger partial charge in [0.25, 0.3) is 0 Å². The Morgan fingerprint density at radius 3 is 2.87 bits per heavy atom. The zero-order valence-electron chi connectivity index (χ0n) is 9.46. The number of aryl methyl sites for hydroxylation is 1. The summed E-state index contributed by atoms with van der Waals surface area (Å²) in [5.74, 6) is 0.992. The Hall–Kier alpha value is -0.800. The molecule has 3 nitrogen and oxygen atoms in total. The molecule has 0 spiro atoms. The van der Waals surface area contributed by atoms with Gasteiger partial charge in [0, 0.05) is 25.2 Å². The number of rotatable bonds is 5. The lowest BCUT2D eigenvalue weighted by molar-refractivity contribution is 0.335. The van der Waals surface area contributed by atoms with Gasteiger partial charge in [-0.1, -0.05) is 0 Å². The Morgan fingerprint density at radius 1 is 1.40 bits per heavy atom. The quantitative estimate of drug-likeness (QED) is 0.748. The van der Waals surface area contributed by atoms with E-state index in [1.807, 2.05) is 13.2 Å². The van der Waals surface area contributed by atoms with Gasteiger partial charge >= 0.3 is 0 Å². The van der Waals surface area contributed by atoms with Crippen LogP contribution in [0.1, 0.15) is 24.2 Å². The van der Waals surface area contributed by atoms with Gasteiger partial charge < -0.3 is 14.6 Å². The van der Waals surface area contributed by atoms with Gasteiger partial charge in [-0.2, -0.15) is 0 Å². The van der Waals surface area contributed by atoms with E-state index < -0.39 is 0 Å².